The van der Waals surface area contributed by atoms with Gasteiger partial charge < -0.3 is 25.2 Å². The van der Waals surface area contributed by atoms with Gasteiger partial charge in [0.15, 0.2) is 6.10 Å². The summed E-state index contributed by atoms with van der Waals surface area (Å²) in [5.41, 5.74) is 5.32. The van der Waals surface area contributed by atoms with Crippen LogP contribution in [-0.4, -0.2) is 59.9 Å². The largest absolute Gasteiger partial charge is 0.480 e. The zero-order valence-corrected chi connectivity index (χ0v) is 33.9. The molecule has 0 aliphatic rings. The van der Waals surface area contributed by atoms with Crippen LogP contribution in [0.1, 0.15) is 142 Å². The van der Waals surface area contributed by atoms with E-state index in [-0.39, 0.29) is 19.4 Å². The molecule has 0 bridgehead atoms. The topological polar surface area (TPSA) is 172 Å². The molecule has 11 nitrogen and oxygen atoms in total. The van der Waals surface area contributed by atoms with Gasteiger partial charge in [0.2, 0.25) is 0 Å². The molecule has 0 aliphatic carbocycles. The molecule has 1 unspecified atom stereocenters. The summed E-state index contributed by atoms with van der Waals surface area (Å²) in [6.07, 6.45) is 42.6. The van der Waals surface area contributed by atoms with Gasteiger partial charge in [-0.2, -0.15) is 0 Å². The van der Waals surface area contributed by atoms with Crippen molar-refractivity contribution in [1.29, 1.82) is 0 Å². The van der Waals surface area contributed by atoms with Crippen LogP contribution in [0.5, 0.6) is 0 Å². The molecule has 54 heavy (non-hydrogen) atoms. The number of carbonyl (C=O) groups excluding carboxylic acids is 2. The molecule has 0 radical (unpaired) electrons. The van der Waals surface area contributed by atoms with E-state index >= 15 is 0 Å². The Balaban J connectivity index is 4.54. The lowest BCUT2D eigenvalue weighted by Crippen LogP contribution is -2.34. The lowest BCUT2D eigenvalue weighted by atomic mass is 10.1. The standard InChI is InChI=1S/C42H70NO10P/c1-3-5-7-9-11-13-15-17-18-19-20-22-23-25-27-29-31-33-40(44)50-35-38(36-51-54(48,49)52-37-39(43)42(46)47)53-41(45)34-32-30-28-26-24-21-16-14-12-10-8-6-4-2/h5,7,11,13-14,16-18,20,22,25,27,38-39H,3-4,6,8-10,12,15,19,21,23-24,26,28-37,43H2,1-2H3,(H,46,47)(H,48,49)/b7-5-,13-11-,16-14-,18-17-,22-20-,27-25-/t38-,39+/m1/s1. The van der Waals surface area contributed by atoms with E-state index in [0.29, 0.717) is 19.3 Å². The van der Waals surface area contributed by atoms with Crippen molar-refractivity contribution in [2.45, 2.75) is 154 Å². The predicted octanol–water partition coefficient (Wildman–Crippen LogP) is 10.2. The number of carboxylic acid groups (broad SMARTS) is 1. The summed E-state index contributed by atoms with van der Waals surface area (Å²) in [5.74, 6) is -2.48. The number of ether oxygens (including phenoxy) is 2. The molecule has 12 heteroatoms. The Morgan fingerprint density at radius 1 is 0.593 bits per heavy atom. The van der Waals surface area contributed by atoms with Crippen LogP contribution in [0.15, 0.2) is 72.9 Å². The van der Waals surface area contributed by atoms with Gasteiger partial charge in [-0.25, -0.2) is 4.57 Å². The molecule has 0 amide bonds. The maximum atomic E-state index is 12.6. The maximum absolute atomic E-state index is 12.6. The molecular formula is C42H70NO10P. The van der Waals surface area contributed by atoms with Crippen LogP contribution >= 0.6 is 7.82 Å². The second-order valence-corrected chi connectivity index (χ2v) is 14.5. The Morgan fingerprint density at radius 3 is 1.63 bits per heavy atom. The van der Waals surface area contributed by atoms with E-state index in [0.717, 1.165) is 70.6 Å². The molecule has 0 aromatic carbocycles. The van der Waals surface area contributed by atoms with Gasteiger partial charge in [-0.05, 0) is 77.0 Å². The van der Waals surface area contributed by atoms with Crippen molar-refractivity contribution in [1.82, 2.24) is 0 Å². The van der Waals surface area contributed by atoms with Crippen molar-refractivity contribution in [2.24, 2.45) is 5.73 Å². The van der Waals surface area contributed by atoms with E-state index in [2.05, 4.69) is 79.1 Å². The summed E-state index contributed by atoms with van der Waals surface area (Å²) >= 11 is 0. The molecule has 0 saturated heterocycles. The van der Waals surface area contributed by atoms with Gasteiger partial charge in [0, 0.05) is 12.8 Å². The second kappa shape index (κ2) is 36.9. The number of phosphoric acid groups is 1. The first-order chi connectivity index (χ1) is 26.1. The van der Waals surface area contributed by atoms with Gasteiger partial charge in [-0.3, -0.25) is 23.4 Å². The van der Waals surface area contributed by atoms with Gasteiger partial charge in [0.1, 0.15) is 12.6 Å². The zero-order chi connectivity index (χ0) is 40.0. The highest BCUT2D eigenvalue weighted by Crippen LogP contribution is 2.43. The van der Waals surface area contributed by atoms with Gasteiger partial charge in [0.05, 0.1) is 13.2 Å². The summed E-state index contributed by atoms with van der Waals surface area (Å²) < 4.78 is 32.5. The van der Waals surface area contributed by atoms with Crippen molar-refractivity contribution < 1.29 is 47.5 Å². The minimum atomic E-state index is -4.73. The monoisotopic (exact) mass is 779 g/mol. The lowest BCUT2D eigenvalue weighted by Gasteiger charge is -2.20. The zero-order valence-electron chi connectivity index (χ0n) is 33.0. The number of allylic oxidation sites excluding steroid dienone is 12. The van der Waals surface area contributed by atoms with Gasteiger partial charge in [0.25, 0.3) is 0 Å². The summed E-state index contributed by atoms with van der Waals surface area (Å²) in [7, 11) is -4.73. The maximum Gasteiger partial charge on any atom is 0.472 e. The Hall–Kier alpha value is -3.08. The number of carboxylic acids is 1. The quantitative estimate of drug-likeness (QED) is 0.0239. The Kier molecular flexibility index (Phi) is 34.8. The highest BCUT2D eigenvalue weighted by atomic mass is 31.2. The third kappa shape index (κ3) is 35.9. The fourth-order valence-corrected chi connectivity index (χ4v) is 5.58. The molecule has 0 aliphatic heterocycles. The minimum Gasteiger partial charge on any atom is -0.480 e. The number of aliphatic carboxylic acids is 1. The van der Waals surface area contributed by atoms with E-state index in [9.17, 15) is 23.8 Å². The number of hydrogen-bond donors (Lipinski definition) is 3. The summed E-state index contributed by atoms with van der Waals surface area (Å²) in [5, 5.41) is 8.87. The molecule has 0 fully saturated rings. The Labute approximate surface area is 325 Å². The van der Waals surface area contributed by atoms with E-state index in [1.165, 1.54) is 25.7 Å². The van der Waals surface area contributed by atoms with Crippen LogP contribution in [0.25, 0.3) is 0 Å². The lowest BCUT2D eigenvalue weighted by molar-refractivity contribution is -0.161. The van der Waals surface area contributed by atoms with Gasteiger partial charge >= 0.3 is 25.7 Å². The average Bonchev–Trinajstić information content (AvgIpc) is 3.14. The second-order valence-electron chi connectivity index (χ2n) is 13.0. The molecule has 0 rings (SSSR count). The van der Waals surface area contributed by atoms with E-state index in [1.807, 2.05) is 12.2 Å². The summed E-state index contributed by atoms with van der Waals surface area (Å²) in [6.45, 7) is 2.58. The van der Waals surface area contributed by atoms with E-state index < -0.39 is 51.1 Å². The van der Waals surface area contributed by atoms with Crippen molar-refractivity contribution in [3.63, 3.8) is 0 Å². The number of unbranched alkanes of at least 4 members (excludes halogenated alkanes) is 10. The molecule has 0 saturated carbocycles. The van der Waals surface area contributed by atoms with Gasteiger partial charge in [-0.15, -0.1) is 0 Å². The van der Waals surface area contributed by atoms with Crippen LogP contribution < -0.4 is 5.73 Å². The fraction of sp³-hybridized carbons (Fsp3) is 0.643. The van der Waals surface area contributed by atoms with Crippen LogP contribution in [-0.2, 0) is 37.5 Å². The molecular weight excluding hydrogens is 709 g/mol. The van der Waals surface area contributed by atoms with Crippen molar-refractivity contribution in [2.75, 3.05) is 19.8 Å². The first-order valence-electron chi connectivity index (χ1n) is 20.0. The summed E-state index contributed by atoms with van der Waals surface area (Å²) in [4.78, 5) is 45.8. The van der Waals surface area contributed by atoms with E-state index in [1.54, 1.807) is 0 Å². The minimum absolute atomic E-state index is 0.135. The first-order valence-corrected chi connectivity index (χ1v) is 21.5. The number of hydrogen-bond acceptors (Lipinski definition) is 9. The fourth-order valence-electron chi connectivity index (χ4n) is 4.80. The third-order valence-electron chi connectivity index (χ3n) is 7.94. The molecule has 3 atom stereocenters. The van der Waals surface area contributed by atoms with Crippen LogP contribution in [0.4, 0.5) is 0 Å². The summed E-state index contributed by atoms with van der Waals surface area (Å²) in [6, 6.07) is -1.53. The van der Waals surface area contributed by atoms with E-state index in [4.69, 9.17) is 24.8 Å². The molecule has 0 spiro atoms. The Morgan fingerprint density at radius 2 is 1.06 bits per heavy atom. The highest BCUT2D eigenvalue weighted by molar-refractivity contribution is 7.47. The number of phosphoric ester groups is 1. The van der Waals surface area contributed by atoms with Crippen molar-refractivity contribution in [3.8, 4) is 0 Å². The smallest absolute Gasteiger partial charge is 0.472 e. The molecule has 4 N–H and O–H groups in total. The van der Waals surface area contributed by atoms with Crippen LogP contribution in [0.2, 0.25) is 0 Å². The SMILES string of the molecule is CC/C=C\C/C=C\C/C=C\C/C=C\C/C=C\CCCC(=O)OC[C@H](COP(=O)(O)OC[C@H](N)C(=O)O)OC(=O)CCCCCCC/C=C\CCCCCC. The average molecular weight is 780 g/mol. The number of rotatable bonds is 36. The van der Waals surface area contributed by atoms with Gasteiger partial charge in [-0.1, -0.05) is 125 Å². The molecule has 0 aromatic rings. The number of nitrogens with two attached hydrogens (primary N) is 1. The van der Waals surface area contributed by atoms with Crippen molar-refractivity contribution in [3.05, 3.63) is 72.9 Å². The van der Waals surface area contributed by atoms with Crippen LogP contribution in [0.3, 0.4) is 0 Å². The molecule has 308 valence electrons. The third-order valence-corrected chi connectivity index (χ3v) is 8.89. The molecule has 0 heterocycles. The number of esters is 2. The van der Waals surface area contributed by atoms with Crippen LogP contribution in [0, 0.1) is 0 Å². The normalized spacial score (nSPS) is 14.6. The number of carbonyl (C=O) groups is 3. The Bertz CT molecular complexity index is 1190. The predicted molar refractivity (Wildman–Crippen MR) is 217 cm³/mol. The highest BCUT2D eigenvalue weighted by Gasteiger charge is 2.28. The first kappa shape index (κ1) is 50.9. The van der Waals surface area contributed by atoms with Crippen molar-refractivity contribution >= 4 is 25.7 Å². The molecule has 0 aromatic heterocycles.